The van der Waals surface area contributed by atoms with Crippen molar-refractivity contribution >= 4 is 15.7 Å². The molecule has 3 atom stereocenters. The number of hydrogen-bond donors (Lipinski definition) is 2. The molecular weight excluding hydrogens is 460 g/mol. The minimum absolute atomic E-state index is 0.00800. The van der Waals surface area contributed by atoms with Crippen molar-refractivity contribution in [3.05, 3.63) is 48.4 Å². The van der Waals surface area contributed by atoms with Crippen molar-refractivity contribution in [2.45, 2.75) is 44.0 Å². The van der Waals surface area contributed by atoms with Crippen LogP contribution in [0.15, 0.2) is 52.7 Å². The van der Waals surface area contributed by atoms with E-state index in [0.29, 0.717) is 17.4 Å². The fourth-order valence-electron chi connectivity index (χ4n) is 3.21. The van der Waals surface area contributed by atoms with Gasteiger partial charge in [-0.15, -0.1) is 0 Å². The summed E-state index contributed by atoms with van der Waals surface area (Å²) in [5.74, 6) is 1.55. The van der Waals surface area contributed by atoms with E-state index in [1.165, 1.54) is 6.20 Å². The van der Waals surface area contributed by atoms with Crippen LogP contribution in [-0.4, -0.2) is 65.5 Å². The van der Waals surface area contributed by atoms with Crippen molar-refractivity contribution in [1.29, 1.82) is 0 Å². The summed E-state index contributed by atoms with van der Waals surface area (Å²) < 4.78 is 40.7. The number of hydrogen-bond acceptors (Lipinski definition) is 9. The van der Waals surface area contributed by atoms with Gasteiger partial charge in [-0.25, -0.2) is 23.4 Å². The van der Waals surface area contributed by atoms with Crippen LogP contribution in [0.3, 0.4) is 0 Å². The largest absolute Gasteiger partial charge is 0.488 e. The highest BCUT2D eigenvalue weighted by Crippen LogP contribution is 2.32. The van der Waals surface area contributed by atoms with Crippen molar-refractivity contribution in [3.63, 3.8) is 0 Å². The van der Waals surface area contributed by atoms with Gasteiger partial charge in [0.25, 0.3) is 0 Å². The Morgan fingerprint density at radius 3 is 2.47 bits per heavy atom. The minimum Gasteiger partial charge on any atom is -0.488 e. The number of nitrogens with one attached hydrogen (secondary N) is 1. The van der Waals surface area contributed by atoms with E-state index in [2.05, 4.69) is 19.9 Å². The van der Waals surface area contributed by atoms with Crippen LogP contribution in [0.5, 0.6) is 17.4 Å². The highest BCUT2D eigenvalue weighted by Gasteiger charge is 2.25. The molecule has 3 heterocycles. The zero-order chi connectivity index (χ0) is 24.5. The second kappa shape index (κ2) is 9.43. The Kier molecular flexibility index (Phi) is 6.58. The minimum atomic E-state index is -3.47. The monoisotopic (exact) mass is 486 g/mol. The maximum Gasteiger partial charge on any atom is 0.237 e. The van der Waals surface area contributed by atoms with Crippen molar-refractivity contribution in [2.24, 2.45) is 4.99 Å². The first kappa shape index (κ1) is 23.7. The smallest absolute Gasteiger partial charge is 0.237 e. The summed E-state index contributed by atoms with van der Waals surface area (Å²) >= 11 is 0. The van der Waals surface area contributed by atoms with E-state index in [-0.39, 0.29) is 29.7 Å². The van der Waals surface area contributed by atoms with Crippen molar-refractivity contribution < 1.29 is 27.7 Å². The molecule has 4 rings (SSSR count). The molecule has 3 unspecified atom stereocenters. The maximum absolute atomic E-state index is 11.6. The summed E-state index contributed by atoms with van der Waals surface area (Å²) in [5, 5.41) is 9.24. The number of aromatic nitrogens is 3. The van der Waals surface area contributed by atoms with E-state index in [9.17, 15) is 13.5 Å². The van der Waals surface area contributed by atoms with E-state index in [4.69, 9.17) is 14.2 Å². The molecule has 0 spiro atoms. The third kappa shape index (κ3) is 5.37. The average Bonchev–Trinajstić information content (AvgIpc) is 3.40. The molecule has 11 heteroatoms. The molecule has 2 N–H and O–H groups in total. The van der Waals surface area contributed by atoms with E-state index < -0.39 is 15.9 Å². The molecular formula is C23H26N4O6S. The van der Waals surface area contributed by atoms with Gasteiger partial charge < -0.3 is 24.3 Å². The van der Waals surface area contributed by atoms with Crippen LogP contribution in [0.25, 0.3) is 11.3 Å². The van der Waals surface area contributed by atoms with Gasteiger partial charge in [-0.3, -0.25) is 0 Å². The third-order valence-corrected chi connectivity index (χ3v) is 6.18. The lowest BCUT2D eigenvalue weighted by molar-refractivity contribution is 0.129. The Morgan fingerprint density at radius 2 is 1.85 bits per heavy atom. The summed E-state index contributed by atoms with van der Waals surface area (Å²) in [4.78, 5) is 15.8. The molecule has 1 aliphatic heterocycles. The fraction of sp³-hybridized carbons (Fsp3) is 0.348. The highest BCUT2D eigenvalue weighted by molar-refractivity contribution is 7.90. The van der Waals surface area contributed by atoms with Gasteiger partial charge in [-0.05, 0) is 45.0 Å². The van der Waals surface area contributed by atoms with Crippen molar-refractivity contribution in [3.8, 4) is 28.6 Å². The SMILES string of the molecule is CC(CO)Oc1cc(Oc2cnc(S(C)(=O)=O)cn2)cc(-c2ccc(C3=NC(C)C(C)O3)[nH]2)c1. The number of aromatic amines is 1. The molecule has 0 aliphatic carbocycles. The van der Waals surface area contributed by atoms with Gasteiger partial charge in [0.2, 0.25) is 11.8 Å². The molecule has 1 aliphatic rings. The molecule has 180 valence electrons. The molecule has 0 bridgehead atoms. The van der Waals surface area contributed by atoms with Crippen LogP contribution in [0.2, 0.25) is 0 Å². The lowest BCUT2D eigenvalue weighted by Crippen LogP contribution is -2.16. The fourth-order valence-corrected chi connectivity index (χ4v) is 3.70. The first-order valence-electron chi connectivity index (χ1n) is 10.7. The molecule has 0 fully saturated rings. The third-order valence-electron chi connectivity index (χ3n) is 5.21. The van der Waals surface area contributed by atoms with Crippen molar-refractivity contribution in [1.82, 2.24) is 15.0 Å². The summed E-state index contributed by atoms with van der Waals surface area (Å²) in [5.41, 5.74) is 2.29. The van der Waals surface area contributed by atoms with Gasteiger partial charge in [-0.2, -0.15) is 0 Å². The van der Waals surface area contributed by atoms with E-state index in [0.717, 1.165) is 29.4 Å². The average molecular weight is 487 g/mol. The lowest BCUT2D eigenvalue weighted by atomic mass is 10.1. The van der Waals surface area contributed by atoms with Gasteiger partial charge >= 0.3 is 0 Å². The predicted molar refractivity (Wildman–Crippen MR) is 125 cm³/mol. The highest BCUT2D eigenvalue weighted by atomic mass is 32.2. The first-order valence-corrected chi connectivity index (χ1v) is 12.6. The number of sulfone groups is 1. The van der Waals surface area contributed by atoms with Crippen LogP contribution in [0.4, 0.5) is 0 Å². The van der Waals surface area contributed by atoms with Gasteiger partial charge in [0, 0.05) is 23.6 Å². The molecule has 1 aromatic carbocycles. The Morgan fingerprint density at radius 1 is 1.12 bits per heavy atom. The lowest BCUT2D eigenvalue weighted by Gasteiger charge is -2.15. The molecule has 0 amide bonds. The van der Waals surface area contributed by atoms with E-state index in [1.54, 1.807) is 19.1 Å². The molecule has 2 aromatic heterocycles. The van der Waals surface area contributed by atoms with Crippen LogP contribution in [0, 0.1) is 0 Å². The van der Waals surface area contributed by atoms with Crippen LogP contribution in [0.1, 0.15) is 26.5 Å². The van der Waals surface area contributed by atoms with Crippen LogP contribution in [-0.2, 0) is 14.6 Å². The topological polar surface area (TPSA) is 136 Å². The van der Waals surface area contributed by atoms with Crippen LogP contribution < -0.4 is 9.47 Å². The number of nitrogens with zero attached hydrogens (tertiary/aromatic N) is 3. The van der Waals surface area contributed by atoms with Crippen molar-refractivity contribution in [2.75, 3.05) is 12.9 Å². The normalized spacial score (nSPS) is 18.8. The first-order chi connectivity index (χ1) is 16.1. The van der Waals surface area contributed by atoms with E-state index in [1.807, 2.05) is 32.0 Å². The summed E-state index contributed by atoms with van der Waals surface area (Å²) in [7, 11) is -3.47. The molecule has 0 saturated heterocycles. The summed E-state index contributed by atoms with van der Waals surface area (Å²) in [6, 6.07) is 9.11. The van der Waals surface area contributed by atoms with Gasteiger partial charge in [0.15, 0.2) is 14.9 Å². The quantitative estimate of drug-likeness (QED) is 0.496. The molecule has 3 aromatic rings. The van der Waals surface area contributed by atoms with E-state index >= 15 is 0 Å². The van der Waals surface area contributed by atoms with Crippen LogP contribution >= 0.6 is 0 Å². The van der Waals surface area contributed by atoms with Gasteiger partial charge in [-0.1, -0.05) is 0 Å². The Bertz CT molecular complexity index is 1300. The summed E-state index contributed by atoms with van der Waals surface area (Å²) in [6.07, 6.45) is 3.02. The Labute approximate surface area is 197 Å². The zero-order valence-corrected chi connectivity index (χ0v) is 20.0. The molecule has 0 radical (unpaired) electrons. The summed E-state index contributed by atoms with van der Waals surface area (Å²) in [6.45, 7) is 5.56. The number of H-pyrrole nitrogens is 1. The number of aliphatic imine (C=N–C) groups is 1. The Balaban J connectivity index is 1.64. The van der Waals surface area contributed by atoms with Gasteiger partial charge in [0.1, 0.15) is 29.4 Å². The second-order valence-corrected chi connectivity index (χ2v) is 10.1. The molecule has 10 nitrogen and oxygen atoms in total. The Hall–Kier alpha value is -3.44. The predicted octanol–water partition coefficient (Wildman–Crippen LogP) is 2.98. The number of benzene rings is 1. The standard InChI is InChI=1S/C23H26N4O6S/c1-13(12-28)31-17-7-16(19-5-6-20(27-19)23-26-14(2)15(3)32-23)8-18(9-17)33-21-10-25-22(11-24-21)34(4,29)30/h5-11,13-15,27-28H,12H2,1-4H3. The second-order valence-electron chi connectivity index (χ2n) is 8.15. The maximum atomic E-state index is 11.6. The number of aliphatic hydroxyl groups is 1. The number of rotatable bonds is 8. The van der Waals surface area contributed by atoms with Gasteiger partial charge in [0.05, 0.1) is 25.0 Å². The molecule has 34 heavy (non-hydrogen) atoms. The zero-order valence-electron chi connectivity index (χ0n) is 19.2. The molecule has 0 saturated carbocycles. The number of aliphatic hydroxyl groups excluding tert-OH is 1. The number of ether oxygens (including phenoxy) is 3.